The molecular formula is C7H17Cl3SiSn. The molecule has 74 valence electrons. The molecule has 0 atom stereocenters. The van der Waals surface area contributed by atoms with Gasteiger partial charge in [0.2, 0.25) is 0 Å². The Morgan fingerprint density at radius 2 is 1.50 bits per heavy atom. The zero-order valence-electron chi connectivity index (χ0n) is 7.96. The molecule has 0 aliphatic carbocycles. The molecular weight excluding hydrogens is 337 g/mol. The minimum Gasteiger partial charge on any atom is -1.00 e. The van der Waals surface area contributed by atoms with Crippen molar-refractivity contribution in [3.63, 3.8) is 0 Å². The summed E-state index contributed by atoms with van der Waals surface area (Å²) < 4.78 is 1.54. The van der Waals surface area contributed by atoms with Crippen LogP contribution in [0.2, 0.25) is 23.2 Å². The summed E-state index contributed by atoms with van der Waals surface area (Å²) in [5, 5.41) is 0. The van der Waals surface area contributed by atoms with Gasteiger partial charge in [0.15, 0.2) is 0 Å². The topological polar surface area (TPSA) is 0 Å². The van der Waals surface area contributed by atoms with Gasteiger partial charge in [-0.05, 0) is 0 Å². The van der Waals surface area contributed by atoms with Crippen molar-refractivity contribution in [2.24, 2.45) is 0 Å². The van der Waals surface area contributed by atoms with Crippen molar-refractivity contribution in [1.29, 1.82) is 0 Å². The van der Waals surface area contributed by atoms with Crippen molar-refractivity contribution >= 4 is 30.6 Å². The first-order valence-electron chi connectivity index (χ1n) is 3.77. The van der Waals surface area contributed by atoms with Crippen LogP contribution in [-0.2, 0) is 0 Å². The van der Waals surface area contributed by atoms with Gasteiger partial charge in [-0.25, -0.2) is 0 Å². The zero-order chi connectivity index (χ0) is 7.33. The number of hydrogen-bond acceptors (Lipinski definition) is 0. The minimum absolute atomic E-state index is 0. The van der Waals surface area contributed by atoms with E-state index in [4.69, 9.17) is 0 Å². The first-order valence-corrected chi connectivity index (χ1v) is 9.20. The van der Waals surface area contributed by atoms with E-state index in [2.05, 4.69) is 20.0 Å². The molecule has 0 saturated carbocycles. The summed E-state index contributed by atoms with van der Waals surface area (Å²) in [4.78, 5) is 0. The zero-order valence-corrected chi connectivity index (χ0v) is 14.1. The Kier molecular flexibility index (Phi) is 25.3. The predicted octanol–water partition coefficient (Wildman–Crippen LogP) is -6.37. The molecule has 0 aliphatic heterocycles. The van der Waals surface area contributed by atoms with E-state index < -0.39 is 8.07 Å². The molecule has 0 unspecified atom stereocenters. The molecule has 0 saturated heterocycles. The van der Waals surface area contributed by atoms with Crippen LogP contribution in [0.1, 0.15) is 19.8 Å². The third-order valence-electron chi connectivity index (χ3n) is 1.69. The number of unbranched alkanes of at least 4 members (excludes halogenated alkanes) is 1. The van der Waals surface area contributed by atoms with Crippen molar-refractivity contribution in [2.45, 2.75) is 43.0 Å². The van der Waals surface area contributed by atoms with Gasteiger partial charge in [-0.2, -0.15) is 0 Å². The van der Waals surface area contributed by atoms with Gasteiger partial charge in [0, 0.05) is 0 Å². The second kappa shape index (κ2) is 12.9. The van der Waals surface area contributed by atoms with Crippen LogP contribution in [0.15, 0.2) is 0 Å². The van der Waals surface area contributed by atoms with E-state index in [1.165, 1.54) is 12.8 Å². The summed E-state index contributed by atoms with van der Waals surface area (Å²) in [6, 6.07) is 1.55. The third kappa shape index (κ3) is 14.4. The molecule has 0 aromatic carbocycles. The van der Waals surface area contributed by atoms with E-state index in [1.807, 2.05) is 0 Å². The fourth-order valence-corrected chi connectivity index (χ4v) is 3.74. The maximum absolute atomic E-state index is 2.51. The summed E-state index contributed by atoms with van der Waals surface area (Å²) in [5.41, 5.74) is 0. The molecule has 0 aliphatic rings. The second-order valence-corrected chi connectivity index (χ2v) is 11.7. The summed E-state index contributed by atoms with van der Waals surface area (Å²) in [6.07, 6.45) is 2.85. The van der Waals surface area contributed by atoms with Crippen LogP contribution < -0.4 is 37.2 Å². The Labute approximate surface area is 110 Å². The standard InChI is InChI=1S/C7H17Si.3ClH.Sn/c1-5-6-7-8(2,3)4;;;;/h2,5-7H2,1,3-4H3;3*1H;/q;;;;+3/p-3. The SMILES string of the molecule is CCCC[Si](C)(C)[CH2][Sn+3].[Cl-].[Cl-].[Cl-]. The summed E-state index contributed by atoms with van der Waals surface area (Å²) in [5.74, 6) is 0. The van der Waals surface area contributed by atoms with Gasteiger partial charge in [0.1, 0.15) is 0 Å². The molecule has 0 radical (unpaired) electrons. The normalized spacial score (nSPS) is 9.08. The Hall–Kier alpha value is 1.89. The average molecular weight is 354 g/mol. The number of hydrogen-bond donors (Lipinski definition) is 0. The van der Waals surface area contributed by atoms with Gasteiger partial charge in [0.25, 0.3) is 0 Å². The Morgan fingerprint density at radius 1 is 1.08 bits per heavy atom. The summed E-state index contributed by atoms with van der Waals surface area (Å²) in [6.45, 7) is 7.31. The quantitative estimate of drug-likeness (QED) is 0.441. The molecule has 0 aromatic rings. The summed E-state index contributed by atoms with van der Waals surface area (Å²) in [7, 11) is -0.658. The Balaban J connectivity index is -0.000000107. The maximum Gasteiger partial charge on any atom is -1.00 e. The second-order valence-electron chi connectivity index (χ2n) is 3.44. The molecule has 0 fully saturated rings. The maximum atomic E-state index is 2.51. The van der Waals surface area contributed by atoms with Gasteiger partial charge < -0.3 is 37.2 Å². The third-order valence-corrected chi connectivity index (χ3v) is 12.5. The van der Waals surface area contributed by atoms with Crippen molar-refractivity contribution in [3.8, 4) is 0 Å². The van der Waals surface area contributed by atoms with E-state index in [-0.39, 0.29) is 37.2 Å². The Morgan fingerprint density at radius 3 is 1.75 bits per heavy atom. The van der Waals surface area contributed by atoms with E-state index in [0.717, 1.165) is 0 Å². The van der Waals surface area contributed by atoms with Crippen molar-refractivity contribution in [2.75, 3.05) is 0 Å². The molecule has 0 aromatic heterocycles. The molecule has 0 heterocycles. The van der Waals surface area contributed by atoms with E-state index in [0.29, 0.717) is 0 Å². The average Bonchev–Trinajstić information content (AvgIpc) is 1.84. The fourth-order valence-electron chi connectivity index (χ4n) is 0.744. The molecule has 5 heteroatoms. The van der Waals surface area contributed by atoms with E-state index in [9.17, 15) is 0 Å². The number of rotatable bonds is 4. The van der Waals surface area contributed by atoms with Crippen LogP contribution in [-0.4, -0.2) is 30.6 Å². The molecule has 0 N–H and O–H groups in total. The van der Waals surface area contributed by atoms with Crippen molar-refractivity contribution < 1.29 is 37.2 Å². The molecule has 0 amide bonds. The van der Waals surface area contributed by atoms with Gasteiger partial charge in [0.05, 0.1) is 0 Å². The molecule has 12 heavy (non-hydrogen) atoms. The van der Waals surface area contributed by atoms with Crippen LogP contribution in [0.4, 0.5) is 0 Å². The first-order chi connectivity index (χ1) is 4.12. The number of halogens is 3. The predicted molar refractivity (Wildman–Crippen MR) is 47.8 cm³/mol. The van der Waals surface area contributed by atoms with E-state index >= 15 is 0 Å². The van der Waals surface area contributed by atoms with Gasteiger partial charge in [-0.1, -0.05) is 0 Å². The monoisotopic (exact) mass is 354 g/mol. The largest absolute Gasteiger partial charge is 1.00 e. The molecule has 0 rings (SSSR count). The molecule has 0 nitrogen and oxygen atoms in total. The van der Waals surface area contributed by atoms with Crippen molar-refractivity contribution in [3.05, 3.63) is 0 Å². The molecule has 0 bridgehead atoms. The van der Waals surface area contributed by atoms with Gasteiger partial charge in [-0.15, -0.1) is 0 Å². The van der Waals surface area contributed by atoms with Crippen LogP contribution >= 0.6 is 0 Å². The first kappa shape index (κ1) is 23.6. The fraction of sp³-hybridized carbons (Fsp3) is 1.00. The minimum atomic E-state index is -0.658. The van der Waals surface area contributed by atoms with Crippen LogP contribution in [0.5, 0.6) is 0 Å². The van der Waals surface area contributed by atoms with Crippen LogP contribution in [0.25, 0.3) is 0 Å². The molecule has 0 spiro atoms. The van der Waals surface area contributed by atoms with Crippen LogP contribution in [0.3, 0.4) is 0 Å². The smallest absolute Gasteiger partial charge is 1.00 e. The van der Waals surface area contributed by atoms with Crippen molar-refractivity contribution in [1.82, 2.24) is 0 Å². The summed E-state index contributed by atoms with van der Waals surface area (Å²) >= 11 is 1.75. The Bertz CT molecular complexity index is 81.1. The van der Waals surface area contributed by atoms with Gasteiger partial charge >= 0.3 is 73.6 Å². The van der Waals surface area contributed by atoms with Gasteiger partial charge in [-0.3, -0.25) is 0 Å². The van der Waals surface area contributed by atoms with Crippen LogP contribution in [0, 0.1) is 0 Å². The van der Waals surface area contributed by atoms with E-state index in [1.54, 1.807) is 32.6 Å².